The Morgan fingerprint density at radius 2 is 1.95 bits per heavy atom. The van der Waals surface area contributed by atoms with Gasteiger partial charge in [0.1, 0.15) is 5.92 Å². The minimum atomic E-state index is -0.900. The minimum absolute atomic E-state index is 0.0953. The number of nitrogens with zero attached hydrogens (tertiary/aromatic N) is 3. The molecule has 0 spiro atoms. The number of amides is 2. The van der Waals surface area contributed by atoms with Crippen molar-refractivity contribution in [3.05, 3.63) is 0 Å². The van der Waals surface area contributed by atoms with E-state index < -0.39 is 11.9 Å². The fourth-order valence-corrected chi connectivity index (χ4v) is 2.76. The number of aliphatic carboxylic acids is 1. The monoisotopic (exact) mass is 285 g/mol. The highest BCUT2D eigenvalue weighted by molar-refractivity contribution is 5.77. The molecule has 0 aromatic rings. The molecule has 7 heteroatoms. The Hall–Kier alpha value is -1.34. The lowest BCUT2D eigenvalue weighted by Gasteiger charge is -2.32. The van der Waals surface area contributed by atoms with Crippen molar-refractivity contribution in [2.75, 3.05) is 53.5 Å². The molecule has 2 rings (SSSR count). The third-order valence-electron chi connectivity index (χ3n) is 4.16. The maximum Gasteiger partial charge on any atom is 0.320 e. The van der Waals surface area contributed by atoms with Crippen molar-refractivity contribution in [2.45, 2.75) is 12.5 Å². The molecule has 114 valence electrons. The van der Waals surface area contributed by atoms with Crippen LogP contribution in [0.15, 0.2) is 0 Å². The van der Waals surface area contributed by atoms with E-state index in [0.717, 1.165) is 26.1 Å². The summed E-state index contributed by atoms with van der Waals surface area (Å²) in [5.41, 5.74) is 0. The van der Waals surface area contributed by atoms with Gasteiger partial charge >= 0.3 is 12.0 Å². The van der Waals surface area contributed by atoms with E-state index in [4.69, 9.17) is 9.84 Å². The number of carbonyl (C=O) groups is 2. The van der Waals surface area contributed by atoms with Gasteiger partial charge in [-0.15, -0.1) is 0 Å². The maximum atomic E-state index is 12.5. The number of urea groups is 1. The predicted octanol–water partition coefficient (Wildman–Crippen LogP) is -0.225. The first-order chi connectivity index (χ1) is 9.50. The Labute approximate surface area is 119 Å². The van der Waals surface area contributed by atoms with Gasteiger partial charge < -0.3 is 24.5 Å². The second-order valence-electron chi connectivity index (χ2n) is 5.59. The van der Waals surface area contributed by atoms with Gasteiger partial charge in [0, 0.05) is 26.7 Å². The number of likely N-dealkylation sites (N-methyl/N-ethyl adjacent to an activating group) is 2. The van der Waals surface area contributed by atoms with Crippen molar-refractivity contribution in [2.24, 2.45) is 5.92 Å². The zero-order valence-electron chi connectivity index (χ0n) is 12.1. The largest absolute Gasteiger partial charge is 0.481 e. The Morgan fingerprint density at radius 1 is 1.20 bits per heavy atom. The van der Waals surface area contributed by atoms with Crippen molar-refractivity contribution < 1.29 is 19.4 Å². The molecule has 2 aliphatic heterocycles. The fraction of sp³-hybridized carbons (Fsp3) is 0.846. The van der Waals surface area contributed by atoms with Gasteiger partial charge in [0.25, 0.3) is 0 Å². The van der Waals surface area contributed by atoms with E-state index in [1.165, 1.54) is 4.90 Å². The van der Waals surface area contributed by atoms with Gasteiger partial charge in [-0.2, -0.15) is 0 Å². The first-order valence-electron chi connectivity index (χ1n) is 7.01. The topological polar surface area (TPSA) is 73.3 Å². The fourth-order valence-electron chi connectivity index (χ4n) is 2.76. The van der Waals surface area contributed by atoms with Crippen LogP contribution in [0.4, 0.5) is 4.79 Å². The molecule has 2 saturated heterocycles. The summed E-state index contributed by atoms with van der Waals surface area (Å²) in [5.74, 6) is -1.53. The molecule has 0 aromatic carbocycles. The molecule has 1 N–H and O–H groups in total. The van der Waals surface area contributed by atoms with Crippen molar-refractivity contribution in [1.29, 1.82) is 0 Å². The summed E-state index contributed by atoms with van der Waals surface area (Å²) in [5, 5.41) is 9.17. The van der Waals surface area contributed by atoms with Crippen LogP contribution in [0.5, 0.6) is 0 Å². The summed E-state index contributed by atoms with van der Waals surface area (Å²) in [4.78, 5) is 29.2. The van der Waals surface area contributed by atoms with Gasteiger partial charge in [0.2, 0.25) is 0 Å². The van der Waals surface area contributed by atoms with Crippen molar-refractivity contribution in [3.63, 3.8) is 0 Å². The molecule has 2 amide bonds. The highest BCUT2D eigenvalue weighted by atomic mass is 16.5. The standard InChI is InChI=1S/C13H23N3O4/c1-14-4-3-5-16(7-6-14)13(19)15(2)11-9-20-8-10(11)12(17)18/h10-11H,3-9H2,1-2H3,(H,17,18). The van der Waals surface area contributed by atoms with E-state index in [-0.39, 0.29) is 18.7 Å². The second kappa shape index (κ2) is 6.41. The third-order valence-corrected chi connectivity index (χ3v) is 4.16. The van der Waals surface area contributed by atoms with Crippen LogP contribution >= 0.6 is 0 Å². The van der Waals surface area contributed by atoms with Gasteiger partial charge in [-0.1, -0.05) is 0 Å². The SMILES string of the molecule is CN1CCCN(C(=O)N(C)C2COCC2C(=O)O)CC1. The third kappa shape index (κ3) is 3.21. The molecule has 2 aliphatic rings. The lowest BCUT2D eigenvalue weighted by molar-refractivity contribution is -0.142. The van der Waals surface area contributed by atoms with Gasteiger partial charge in [-0.05, 0) is 20.0 Å². The summed E-state index contributed by atoms with van der Waals surface area (Å²) >= 11 is 0. The Kier molecular flexibility index (Phi) is 4.82. The van der Waals surface area contributed by atoms with E-state index >= 15 is 0 Å². The summed E-state index contributed by atoms with van der Waals surface area (Å²) in [6, 6.07) is -0.469. The smallest absolute Gasteiger partial charge is 0.320 e. The summed E-state index contributed by atoms with van der Waals surface area (Å²) in [6.45, 7) is 3.72. The molecular formula is C13H23N3O4. The molecule has 7 nitrogen and oxygen atoms in total. The summed E-state index contributed by atoms with van der Waals surface area (Å²) in [6.07, 6.45) is 0.944. The molecule has 2 fully saturated rings. The number of ether oxygens (including phenoxy) is 1. The van der Waals surface area contributed by atoms with Crippen LogP contribution in [0.2, 0.25) is 0 Å². The molecule has 2 unspecified atom stereocenters. The first kappa shape index (κ1) is 15.1. The molecule has 20 heavy (non-hydrogen) atoms. The molecule has 0 aliphatic carbocycles. The van der Waals surface area contributed by atoms with Crippen LogP contribution < -0.4 is 0 Å². The van der Waals surface area contributed by atoms with E-state index in [2.05, 4.69) is 4.90 Å². The van der Waals surface area contributed by atoms with E-state index in [1.807, 2.05) is 7.05 Å². The number of hydrogen-bond donors (Lipinski definition) is 1. The van der Waals surface area contributed by atoms with Crippen molar-refractivity contribution in [3.8, 4) is 0 Å². The van der Waals surface area contributed by atoms with Crippen molar-refractivity contribution in [1.82, 2.24) is 14.7 Å². The molecular weight excluding hydrogens is 262 g/mol. The molecule has 0 saturated carbocycles. The molecule has 2 heterocycles. The predicted molar refractivity (Wildman–Crippen MR) is 72.6 cm³/mol. The Morgan fingerprint density at radius 3 is 2.65 bits per heavy atom. The first-order valence-corrected chi connectivity index (χ1v) is 7.01. The average Bonchev–Trinajstić information content (AvgIpc) is 2.81. The average molecular weight is 285 g/mol. The zero-order chi connectivity index (χ0) is 14.7. The van der Waals surface area contributed by atoms with Crippen LogP contribution in [-0.2, 0) is 9.53 Å². The normalized spacial score (nSPS) is 28.2. The lowest BCUT2D eigenvalue weighted by atomic mass is 10.0. The molecule has 2 atom stereocenters. The van der Waals surface area contributed by atoms with Crippen LogP contribution in [0.1, 0.15) is 6.42 Å². The van der Waals surface area contributed by atoms with Crippen LogP contribution in [0.3, 0.4) is 0 Å². The van der Waals surface area contributed by atoms with Crippen molar-refractivity contribution >= 4 is 12.0 Å². The quantitative estimate of drug-likeness (QED) is 0.759. The molecule has 0 radical (unpaired) electrons. The molecule has 0 bridgehead atoms. The maximum absolute atomic E-state index is 12.5. The highest BCUT2D eigenvalue weighted by Crippen LogP contribution is 2.20. The summed E-state index contributed by atoms with van der Waals surface area (Å²) in [7, 11) is 3.72. The number of hydrogen-bond acceptors (Lipinski definition) is 4. The Bertz CT molecular complexity index is 377. The number of carboxylic acids is 1. The van der Waals surface area contributed by atoms with Crippen LogP contribution in [0, 0.1) is 5.92 Å². The van der Waals surface area contributed by atoms with E-state index in [0.29, 0.717) is 13.2 Å². The second-order valence-corrected chi connectivity index (χ2v) is 5.59. The van der Waals surface area contributed by atoms with Gasteiger partial charge in [-0.3, -0.25) is 4.79 Å². The zero-order valence-corrected chi connectivity index (χ0v) is 12.1. The Balaban J connectivity index is 1.99. The van der Waals surface area contributed by atoms with E-state index in [1.54, 1.807) is 11.9 Å². The highest BCUT2D eigenvalue weighted by Gasteiger charge is 2.39. The minimum Gasteiger partial charge on any atom is -0.481 e. The van der Waals surface area contributed by atoms with Crippen LogP contribution in [-0.4, -0.2) is 91.3 Å². The lowest BCUT2D eigenvalue weighted by Crippen LogP contribution is -2.50. The van der Waals surface area contributed by atoms with E-state index in [9.17, 15) is 9.59 Å². The molecule has 0 aromatic heterocycles. The summed E-state index contributed by atoms with van der Waals surface area (Å²) < 4.78 is 5.23. The van der Waals surface area contributed by atoms with Gasteiger partial charge in [-0.25, -0.2) is 4.79 Å². The number of carboxylic acid groups (broad SMARTS) is 1. The number of rotatable bonds is 2. The number of carbonyl (C=O) groups excluding carboxylic acids is 1. The van der Waals surface area contributed by atoms with Gasteiger partial charge in [0.05, 0.1) is 19.3 Å². The van der Waals surface area contributed by atoms with Crippen LogP contribution in [0.25, 0.3) is 0 Å². The van der Waals surface area contributed by atoms with Gasteiger partial charge in [0.15, 0.2) is 0 Å².